The van der Waals surface area contributed by atoms with Gasteiger partial charge in [-0.15, -0.1) is 0 Å². The van der Waals surface area contributed by atoms with E-state index in [0.29, 0.717) is 5.75 Å². The molecule has 3 aromatic carbocycles. The third-order valence-corrected chi connectivity index (χ3v) is 4.85. The fraction of sp³-hybridized carbons (Fsp3) is 0.167. The number of carbonyl (C=O) groups is 2. The number of methoxy groups -OCH3 is 1. The minimum Gasteiger partial charge on any atom is -0.508 e. The molecule has 154 valence electrons. The number of hydrogen-bond donors (Lipinski definition) is 1. The highest BCUT2D eigenvalue weighted by Crippen LogP contribution is 2.33. The molecule has 0 radical (unpaired) electrons. The molecule has 0 saturated carbocycles. The number of aromatic hydroxyl groups is 1. The normalized spacial score (nSPS) is 10.9. The van der Waals surface area contributed by atoms with Gasteiger partial charge in [-0.25, -0.2) is 9.59 Å². The van der Waals surface area contributed by atoms with Crippen molar-refractivity contribution in [2.75, 3.05) is 7.11 Å². The van der Waals surface area contributed by atoms with Crippen molar-refractivity contribution in [1.29, 1.82) is 0 Å². The van der Waals surface area contributed by atoms with Crippen molar-refractivity contribution >= 4 is 12.1 Å². The lowest BCUT2D eigenvalue weighted by atomic mass is 9.78. The molecule has 0 aromatic heterocycles. The van der Waals surface area contributed by atoms with Gasteiger partial charge in [0.2, 0.25) is 0 Å². The number of hydrogen-bond acceptors (Lipinski definition) is 6. The van der Waals surface area contributed by atoms with Crippen LogP contribution in [0.25, 0.3) is 0 Å². The van der Waals surface area contributed by atoms with E-state index in [2.05, 4.69) is 18.6 Å². The Kier molecular flexibility index (Phi) is 6.06. The molecular weight excluding hydrogens is 384 g/mol. The largest absolute Gasteiger partial charge is 0.519 e. The van der Waals surface area contributed by atoms with Crippen LogP contribution in [0, 0.1) is 0 Å². The van der Waals surface area contributed by atoms with E-state index in [1.807, 2.05) is 24.3 Å². The summed E-state index contributed by atoms with van der Waals surface area (Å²) in [5.74, 6) is -0.0370. The van der Waals surface area contributed by atoms with Gasteiger partial charge >= 0.3 is 12.1 Å². The van der Waals surface area contributed by atoms with Gasteiger partial charge in [-0.05, 0) is 47.5 Å². The maximum absolute atomic E-state index is 12.2. The van der Waals surface area contributed by atoms with Gasteiger partial charge < -0.3 is 19.3 Å². The lowest BCUT2D eigenvalue weighted by molar-refractivity contribution is 0.0597. The lowest BCUT2D eigenvalue weighted by Crippen LogP contribution is -2.19. The van der Waals surface area contributed by atoms with Crippen molar-refractivity contribution in [1.82, 2.24) is 0 Å². The number of para-hydroxylation sites is 1. The van der Waals surface area contributed by atoms with Gasteiger partial charge in [0, 0.05) is 5.41 Å². The van der Waals surface area contributed by atoms with Crippen LogP contribution in [0.15, 0.2) is 72.8 Å². The first-order chi connectivity index (χ1) is 14.3. The van der Waals surface area contributed by atoms with Crippen molar-refractivity contribution in [2.45, 2.75) is 19.3 Å². The molecule has 1 N–H and O–H groups in total. The van der Waals surface area contributed by atoms with Crippen LogP contribution in [0.1, 0.15) is 35.3 Å². The number of benzene rings is 3. The van der Waals surface area contributed by atoms with Crippen LogP contribution >= 0.6 is 0 Å². The summed E-state index contributed by atoms with van der Waals surface area (Å²) >= 11 is 0. The van der Waals surface area contributed by atoms with E-state index in [9.17, 15) is 14.7 Å². The second kappa shape index (κ2) is 8.69. The summed E-state index contributed by atoms with van der Waals surface area (Å²) in [5, 5.41) is 9.49. The molecule has 0 fully saturated rings. The van der Waals surface area contributed by atoms with Gasteiger partial charge in [0.15, 0.2) is 0 Å². The second-order valence-corrected chi connectivity index (χ2v) is 7.14. The van der Waals surface area contributed by atoms with Gasteiger partial charge in [0.1, 0.15) is 22.8 Å². The molecule has 3 rings (SSSR count). The van der Waals surface area contributed by atoms with Gasteiger partial charge in [-0.3, -0.25) is 0 Å². The first kappa shape index (κ1) is 20.9. The molecule has 0 aliphatic rings. The summed E-state index contributed by atoms with van der Waals surface area (Å²) in [6.45, 7) is 4.13. The number of esters is 1. The number of ether oxygens (including phenoxy) is 3. The molecule has 3 aromatic rings. The Labute approximate surface area is 174 Å². The molecule has 0 amide bonds. The molecule has 6 heteroatoms. The second-order valence-electron chi connectivity index (χ2n) is 7.14. The van der Waals surface area contributed by atoms with Crippen molar-refractivity contribution in [2.24, 2.45) is 0 Å². The maximum atomic E-state index is 12.2. The molecular formula is C24H22O6. The Balaban J connectivity index is 1.71. The fourth-order valence-electron chi connectivity index (χ4n) is 3.03. The molecule has 0 unspecified atom stereocenters. The van der Waals surface area contributed by atoms with Crippen molar-refractivity contribution < 1.29 is 28.9 Å². The fourth-order valence-corrected chi connectivity index (χ4v) is 3.03. The number of phenols is 1. The van der Waals surface area contributed by atoms with E-state index >= 15 is 0 Å². The predicted octanol–water partition coefficient (Wildman–Crippen LogP) is 5.08. The standard InChI is InChI=1S/C24H22O6/c1-24(2,16-8-12-18(25)13-9-16)17-10-14-19(15-11-17)29-23(27)30-21-7-5-4-6-20(21)22(26)28-3/h4-15,25H,1-3H3. The zero-order valence-electron chi connectivity index (χ0n) is 16.9. The first-order valence-corrected chi connectivity index (χ1v) is 9.28. The molecule has 0 aliphatic carbocycles. The Morgan fingerprint density at radius 3 is 1.97 bits per heavy atom. The molecule has 0 bridgehead atoms. The maximum Gasteiger partial charge on any atom is 0.519 e. The molecule has 0 atom stereocenters. The van der Waals surface area contributed by atoms with E-state index in [0.717, 1.165) is 11.1 Å². The zero-order chi connectivity index (χ0) is 21.7. The zero-order valence-corrected chi connectivity index (χ0v) is 16.9. The topological polar surface area (TPSA) is 82.1 Å². The summed E-state index contributed by atoms with van der Waals surface area (Å²) < 4.78 is 15.1. The summed E-state index contributed by atoms with van der Waals surface area (Å²) in [7, 11) is 1.25. The minimum absolute atomic E-state index is 0.0550. The van der Waals surface area contributed by atoms with E-state index < -0.39 is 12.1 Å². The van der Waals surface area contributed by atoms with E-state index in [1.54, 1.807) is 36.4 Å². The van der Waals surface area contributed by atoms with E-state index in [1.165, 1.54) is 19.2 Å². The molecule has 0 saturated heterocycles. The summed E-state index contributed by atoms with van der Waals surface area (Å²) in [5.41, 5.74) is 1.85. The van der Waals surface area contributed by atoms with E-state index in [-0.39, 0.29) is 22.5 Å². The highest BCUT2D eigenvalue weighted by Gasteiger charge is 2.23. The van der Waals surface area contributed by atoms with Crippen molar-refractivity contribution in [3.63, 3.8) is 0 Å². The number of phenolic OH excluding ortho intramolecular Hbond substituents is 1. The molecule has 6 nitrogen and oxygen atoms in total. The highest BCUT2D eigenvalue weighted by atomic mass is 16.7. The lowest BCUT2D eigenvalue weighted by Gasteiger charge is -2.26. The molecule has 30 heavy (non-hydrogen) atoms. The van der Waals surface area contributed by atoms with Crippen molar-refractivity contribution in [3.8, 4) is 17.2 Å². The summed E-state index contributed by atoms with van der Waals surface area (Å²) in [4.78, 5) is 23.9. The van der Waals surface area contributed by atoms with Gasteiger partial charge in [0.25, 0.3) is 0 Å². The first-order valence-electron chi connectivity index (χ1n) is 9.28. The third-order valence-electron chi connectivity index (χ3n) is 4.85. The summed E-state index contributed by atoms with van der Waals surface area (Å²) in [6, 6.07) is 20.4. The number of rotatable bonds is 5. The Morgan fingerprint density at radius 1 is 0.800 bits per heavy atom. The van der Waals surface area contributed by atoms with Crippen molar-refractivity contribution in [3.05, 3.63) is 89.5 Å². The SMILES string of the molecule is COC(=O)c1ccccc1OC(=O)Oc1ccc(C(C)(C)c2ccc(O)cc2)cc1. The monoisotopic (exact) mass is 406 g/mol. The van der Waals surface area contributed by atoms with Crippen LogP contribution in [0.4, 0.5) is 4.79 Å². The Bertz CT molecular complexity index is 1040. The Morgan fingerprint density at radius 2 is 1.37 bits per heavy atom. The van der Waals surface area contributed by atoms with Gasteiger partial charge in [-0.1, -0.05) is 50.2 Å². The average Bonchev–Trinajstić information content (AvgIpc) is 2.74. The molecule has 0 aliphatic heterocycles. The van der Waals surface area contributed by atoms with Gasteiger partial charge in [0.05, 0.1) is 7.11 Å². The van der Waals surface area contributed by atoms with E-state index in [4.69, 9.17) is 9.47 Å². The van der Waals surface area contributed by atoms with Gasteiger partial charge in [-0.2, -0.15) is 0 Å². The minimum atomic E-state index is -0.961. The highest BCUT2D eigenvalue weighted by molar-refractivity contribution is 5.93. The van der Waals surface area contributed by atoms with Crippen LogP contribution in [-0.2, 0) is 10.2 Å². The smallest absolute Gasteiger partial charge is 0.508 e. The summed E-state index contributed by atoms with van der Waals surface area (Å²) in [6.07, 6.45) is -0.961. The molecule has 0 heterocycles. The van der Waals surface area contributed by atoms with Crippen LogP contribution in [0.2, 0.25) is 0 Å². The number of carbonyl (C=O) groups excluding carboxylic acids is 2. The quantitative estimate of drug-likeness (QED) is 0.470. The van der Waals surface area contributed by atoms with Crippen LogP contribution < -0.4 is 9.47 Å². The third kappa shape index (κ3) is 4.60. The molecule has 0 spiro atoms. The van der Waals surface area contributed by atoms with Crippen LogP contribution in [-0.4, -0.2) is 24.3 Å². The van der Waals surface area contributed by atoms with Crippen LogP contribution in [0.5, 0.6) is 17.2 Å². The van der Waals surface area contributed by atoms with Crippen LogP contribution in [0.3, 0.4) is 0 Å². The Hall–Kier alpha value is -3.80. The predicted molar refractivity (Wildman–Crippen MR) is 111 cm³/mol. The average molecular weight is 406 g/mol.